The van der Waals surface area contributed by atoms with E-state index >= 15 is 0 Å². The Morgan fingerprint density at radius 2 is 0.931 bits per heavy atom. The van der Waals surface area contributed by atoms with Gasteiger partial charge >= 0.3 is 0 Å². The molecule has 1 aromatic heterocycles. The van der Waals surface area contributed by atoms with Gasteiger partial charge in [0.15, 0.2) is 0 Å². The Balaban J connectivity index is 1.05. The lowest BCUT2D eigenvalue weighted by Crippen LogP contribution is -2.17. The quantitative estimate of drug-likeness (QED) is 0.178. The van der Waals surface area contributed by atoms with Crippen LogP contribution in [0.2, 0.25) is 0 Å². The van der Waals surface area contributed by atoms with E-state index in [4.69, 9.17) is 4.42 Å². The summed E-state index contributed by atoms with van der Waals surface area (Å²) in [6.45, 7) is 9.48. The molecule has 0 saturated carbocycles. The van der Waals surface area contributed by atoms with Crippen molar-refractivity contribution in [3.63, 3.8) is 0 Å². The van der Waals surface area contributed by atoms with Gasteiger partial charge in [-0.25, -0.2) is 0 Å². The van der Waals surface area contributed by atoms with Gasteiger partial charge in [-0.3, -0.25) is 0 Å². The first kappa shape index (κ1) is 33.3. The minimum atomic E-state index is -0.228. The van der Waals surface area contributed by atoms with Crippen LogP contribution in [-0.4, -0.2) is 0 Å². The van der Waals surface area contributed by atoms with Gasteiger partial charge in [-0.1, -0.05) is 131 Å². The maximum absolute atomic E-state index is 6.41. The molecule has 2 nitrogen and oxygen atoms in total. The summed E-state index contributed by atoms with van der Waals surface area (Å²) < 4.78 is 6.41. The average Bonchev–Trinajstić information content (AvgIpc) is 3.80. The van der Waals surface area contributed by atoms with Crippen molar-refractivity contribution in [1.29, 1.82) is 0 Å². The van der Waals surface area contributed by atoms with Crippen LogP contribution in [0.1, 0.15) is 49.9 Å². The van der Waals surface area contributed by atoms with Crippen LogP contribution >= 0.6 is 0 Å². The second-order valence-electron chi connectivity index (χ2n) is 17.4. The highest BCUT2D eigenvalue weighted by Gasteiger charge is 2.38. The van der Waals surface area contributed by atoms with E-state index < -0.39 is 0 Å². The average molecular weight is 744 g/mol. The van der Waals surface area contributed by atoms with Gasteiger partial charge in [0, 0.05) is 38.5 Å². The summed E-state index contributed by atoms with van der Waals surface area (Å²) in [6.07, 6.45) is 0. The molecular weight excluding hydrogens is 703 g/mol. The molecule has 0 fully saturated rings. The molecule has 0 atom stereocenters. The molecule has 2 aliphatic rings. The highest BCUT2D eigenvalue weighted by Crippen LogP contribution is 2.54. The smallest absolute Gasteiger partial charge is 0.135 e. The molecule has 0 radical (unpaired) electrons. The summed E-state index contributed by atoms with van der Waals surface area (Å²) >= 11 is 0. The molecule has 12 rings (SSSR count). The van der Waals surface area contributed by atoms with Crippen LogP contribution in [0.4, 0.5) is 17.1 Å². The van der Waals surface area contributed by atoms with Crippen LogP contribution in [0, 0.1) is 0 Å². The standard InChI is InChI=1S/C56H41NO/c1-55(2)48-29-36-17-9-8-16-35(36)27-44(48)45-28-37-22-23-39(26-38(37)30-49(45)55)57(52-20-12-10-18-41(52)34-14-6-5-7-15-34)40-24-25-42-46-32-47-43-19-11-13-21-53(43)58-54(47)33-51(46)56(3,4)50(42)31-40/h5-33H,1-4H3. The molecule has 0 amide bonds. The van der Waals surface area contributed by atoms with Crippen LogP contribution in [0.5, 0.6) is 0 Å². The van der Waals surface area contributed by atoms with Crippen LogP contribution < -0.4 is 4.90 Å². The predicted octanol–water partition coefficient (Wildman–Crippen LogP) is 15.6. The van der Waals surface area contributed by atoms with Crippen molar-refractivity contribution in [2.24, 2.45) is 0 Å². The molecule has 0 aliphatic heterocycles. The van der Waals surface area contributed by atoms with Crippen molar-refractivity contribution in [3.8, 4) is 33.4 Å². The topological polar surface area (TPSA) is 16.4 Å². The summed E-state index contributed by atoms with van der Waals surface area (Å²) in [4.78, 5) is 2.47. The number of para-hydroxylation sites is 2. The number of hydrogen-bond donors (Lipinski definition) is 0. The second-order valence-corrected chi connectivity index (χ2v) is 17.4. The molecular formula is C56H41NO. The van der Waals surface area contributed by atoms with E-state index in [0.717, 1.165) is 33.6 Å². The van der Waals surface area contributed by atoms with Crippen molar-refractivity contribution in [1.82, 2.24) is 0 Å². The lowest BCUT2D eigenvalue weighted by Gasteiger charge is -2.30. The van der Waals surface area contributed by atoms with E-state index in [1.165, 1.54) is 82.6 Å². The van der Waals surface area contributed by atoms with Crippen LogP contribution in [0.15, 0.2) is 180 Å². The summed E-state index contributed by atoms with van der Waals surface area (Å²) in [5.74, 6) is 0. The minimum Gasteiger partial charge on any atom is -0.456 e. The Kier molecular flexibility index (Phi) is 6.78. The number of hydrogen-bond acceptors (Lipinski definition) is 2. The maximum atomic E-state index is 6.41. The fourth-order valence-corrected chi connectivity index (χ4v) is 10.3. The van der Waals surface area contributed by atoms with Gasteiger partial charge < -0.3 is 9.32 Å². The molecule has 58 heavy (non-hydrogen) atoms. The fourth-order valence-electron chi connectivity index (χ4n) is 10.3. The van der Waals surface area contributed by atoms with Crippen molar-refractivity contribution >= 4 is 60.5 Å². The van der Waals surface area contributed by atoms with E-state index in [0.29, 0.717) is 0 Å². The fraction of sp³-hybridized carbons (Fsp3) is 0.107. The lowest BCUT2D eigenvalue weighted by atomic mass is 9.81. The first-order chi connectivity index (χ1) is 28.2. The van der Waals surface area contributed by atoms with E-state index in [9.17, 15) is 0 Å². The largest absolute Gasteiger partial charge is 0.456 e. The lowest BCUT2D eigenvalue weighted by molar-refractivity contribution is 0.647. The molecule has 10 aromatic rings. The van der Waals surface area contributed by atoms with Gasteiger partial charge in [0.1, 0.15) is 11.2 Å². The zero-order chi connectivity index (χ0) is 38.9. The Morgan fingerprint density at radius 1 is 0.362 bits per heavy atom. The van der Waals surface area contributed by atoms with Crippen LogP contribution in [-0.2, 0) is 10.8 Å². The Hall–Kier alpha value is -6.90. The second kappa shape index (κ2) is 11.8. The number of furan rings is 1. The van der Waals surface area contributed by atoms with Crippen molar-refractivity contribution < 1.29 is 4.42 Å². The van der Waals surface area contributed by atoms with Gasteiger partial charge in [-0.05, 0) is 144 Å². The highest BCUT2D eigenvalue weighted by molar-refractivity contribution is 6.08. The molecule has 0 spiro atoms. The number of benzene rings is 9. The van der Waals surface area contributed by atoms with Gasteiger partial charge in [-0.15, -0.1) is 0 Å². The minimum absolute atomic E-state index is 0.119. The van der Waals surface area contributed by atoms with E-state index in [-0.39, 0.29) is 10.8 Å². The predicted molar refractivity (Wildman–Crippen MR) is 244 cm³/mol. The van der Waals surface area contributed by atoms with E-state index in [1.807, 2.05) is 6.07 Å². The number of anilines is 3. The first-order valence-electron chi connectivity index (χ1n) is 20.4. The highest BCUT2D eigenvalue weighted by atomic mass is 16.3. The summed E-state index contributed by atoms with van der Waals surface area (Å²) in [5.41, 5.74) is 18.0. The van der Waals surface area contributed by atoms with Crippen molar-refractivity contribution in [2.45, 2.75) is 38.5 Å². The molecule has 2 aliphatic carbocycles. The molecule has 1 heterocycles. The third-order valence-corrected chi connectivity index (χ3v) is 13.4. The monoisotopic (exact) mass is 743 g/mol. The van der Waals surface area contributed by atoms with Gasteiger partial charge in [-0.2, -0.15) is 0 Å². The third kappa shape index (κ3) is 4.66. The van der Waals surface area contributed by atoms with Crippen molar-refractivity contribution in [2.75, 3.05) is 4.90 Å². The Bertz CT molecular complexity index is 3350. The summed E-state index contributed by atoms with van der Waals surface area (Å²) in [5, 5.41) is 7.41. The maximum Gasteiger partial charge on any atom is 0.135 e. The number of rotatable bonds is 4. The van der Waals surface area contributed by atoms with Crippen LogP contribution in [0.25, 0.3) is 76.9 Å². The summed E-state index contributed by atoms with van der Waals surface area (Å²) in [7, 11) is 0. The van der Waals surface area contributed by atoms with Gasteiger partial charge in [0.05, 0.1) is 5.69 Å². The zero-order valence-corrected chi connectivity index (χ0v) is 33.1. The zero-order valence-electron chi connectivity index (χ0n) is 33.1. The van der Waals surface area contributed by atoms with Gasteiger partial charge in [0.25, 0.3) is 0 Å². The SMILES string of the molecule is CC1(C)c2cc3ccccc3cc2-c2cc3ccc(N(c4ccc5c(c4)C(C)(C)c4cc6oc7ccccc7c6cc4-5)c4ccccc4-c4ccccc4)cc3cc21. The van der Waals surface area contributed by atoms with Gasteiger partial charge in [0.2, 0.25) is 0 Å². The molecule has 9 aromatic carbocycles. The molecule has 0 saturated heterocycles. The normalized spacial score (nSPS) is 14.5. The molecule has 2 heteroatoms. The van der Waals surface area contributed by atoms with Crippen LogP contribution in [0.3, 0.4) is 0 Å². The number of fused-ring (bicyclic) bond motifs is 11. The number of nitrogens with zero attached hydrogens (tertiary/aromatic N) is 1. The molecule has 276 valence electrons. The molecule has 0 bridgehead atoms. The molecule has 0 N–H and O–H groups in total. The van der Waals surface area contributed by atoms with E-state index in [1.54, 1.807) is 0 Å². The molecule has 0 unspecified atom stereocenters. The Labute approximate surface area is 338 Å². The van der Waals surface area contributed by atoms with Crippen molar-refractivity contribution in [3.05, 3.63) is 198 Å². The summed E-state index contributed by atoms with van der Waals surface area (Å²) in [6, 6.07) is 65.2. The first-order valence-corrected chi connectivity index (χ1v) is 20.4. The Morgan fingerprint density at radius 3 is 1.72 bits per heavy atom. The third-order valence-electron chi connectivity index (χ3n) is 13.4. The van der Waals surface area contributed by atoms with E-state index in [2.05, 4.69) is 202 Å².